The van der Waals surface area contributed by atoms with Crippen LogP contribution in [0, 0.1) is 6.92 Å². The van der Waals surface area contributed by atoms with Crippen molar-refractivity contribution < 1.29 is 4.79 Å². The minimum atomic E-state index is 0.304. The van der Waals surface area contributed by atoms with Crippen molar-refractivity contribution in [3.63, 3.8) is 0 Å². The van der Waals surface area contributed by atoms with Crippen molar-refractivity contribution in [2.24, 2.45) is 0 Å². The number of amides is 1. The molecule has 1 aromatic carbocycles. The number of hydrogen-bond donors (Lipinski definition) is 0. The Hall–Kier alpha value is -0.960. The molecule has 0 saturated heterocycles. The zero-order valence-electron chi connectivity index (χ0n) is 11.2. The number of benzene rings is 1. The Morgan fingerprint density at radius 3 is 2.72 bits per heavy atom. The molecule has 3 heteroatoms. The smallest absolute Gasteiger partial charge is 0.232 e. The molecular formula is C15H21NOS. The molecule has 0 heterocycles. The van der Waals surface area contributed by atoms with E-state index in [9.17, 15) is 4.79 Å². The highest BCUT2D eigenvalue weighted by molar-refractivity contribution is 7.99. The highest BCUT2D eigenvalue weighted by atomic mass is 32.2. The third-order valence-corrected chi connectivity index (χ3v) is 4.36. The summed E-state index contributed by atoms with van der Waals surface area (Å²) in [6.45, 7) is 5.05. The van der Waals surface area contributed by atoms with E-state index in [1.54, 1.807) is 11.8 Å². The topological polar surface area (TPSA) is 20.3 Å². The van der Waals surface area contributed by atoms with Crippen LogP contribution in [0.15, 0.2) is 24.3 Å². The van der Waals surface area contributed by atoms with Gasteiger partial charge in [-0.05, 0) is 37.8 Å². The first-order valence-corrected chi connectivity index (χ1v) is 7.79. The van der Waals surface area contributed by atoms with Crippen LogP contribution in [0.25, 0.3) is 0 Å². The quantitative estimate of drug-likeness (QED) is 0.785. The number of rotatable bonds is 6. The molecule has 2 rings (SSSR count). The van der Waals surface area contributed by atoms with Gasteiger partial charge in [0.1, 0.15) is 0 Å². The Kier molecular flexibility index (Phi) is 4.70. The molecule has 0 spiro atoms. The summed E-state index contributed by atoms with van der Waals surface area (Å²) in [5, 5.41) is 0. The van der Waals surface area contributed by atoms with Crippen LogP contribution in [0.5, 0.6) is 0 Å². The fourth-order valence-electron chi connectivity index (χ4n) is 2.13. The molecule has 0 aliphatic heterocycles. The van der Waals surface area contributed by atoms with Gasteiger partial charge in [0.15, 0.2) is 0 Å². The number of nitrogens with zero attached hydrogens (tertiary/aromatic N) is 1. The maximum atomic E-state index is 12.0. The van der Waals surface area contributed by atoms with E-state index in [0.29, 0.717) is 17.7 Å². The van der Waals surface area contributed by atoms with Gasteiger partial charge in [-0.25, -0.2) is 0 Å². The van der Waals surface area contributed by atoms with Gasteiger partial charge in [0, 0.05) is 18.3 Å². The second-order valence-electron chi connectivity index (χ2n) is 4.83. The highest BCUT2D eigenvalue weighted by Gasteiger charge is 2.30. The van der Waals surface area contributed by atoms with Crippen LogP contribution in [-0.4, -0.2) is 29.1 Å². The molecule has 1 aliphatic carbocycles. The van der Waals surface area contributed by atoms with Gasteiger partial charge in [-0.1, -0.05) is 24.3 Å². The molecule has 0 unspecified atom stereocenters. The van der Waals surface area contributed by atoms with Crippen LogP contribution in [-0.2, 0) is 10.5 Å². The first-order chi connectivity index (χ1) is 8.72. The van der Waals surface area contributed by atoms with Gasteiger partial charge in [0.25, 0.3) is 0 Å². The lowest BCUT2D eigenvalue weighted by Gasteiger charge is -2.20. The standard InChI is InChI=1S/C15H21NOS/c1-3-16(14-8-9-14)15(17)11-18-10-13-7-5-4-6-12(13)2/h4-7,14H,3,8-11H2,1-2H3. The number of carbonyl (C=O) groups excluding carboxylic acids is 1. The Morgan fingerprint density at radius 2 is 2.11 bits per heavy atom. The average Bonchev–Trinajstić information content (AvgIpc) is 3.17. The highest BCUT2D eigenvalue weighted by Crippen LogP contribution is 2.27. The van der Waals surface area contributed by atoms with Crippen molar-refractivity contribution in [2.75, 3.05) is 12.3 Å². The van der Waals surface area contributed by atoms with Crippen molar-refractivity contribution >= 4 is 17.7 Å². The van der Waals surface area contributed by atoms with Gasteiger partial charge in [-0.2, -0.15) is 0 Å². The molecule has 0 aromatic heterocycles. The van der Waals surface area contributed by atoms with Crippen LogP contribution >= 0.6 is 11.8 Å². The van der Waals surface area contributed by atoms with E-state index in [1.807, 2.05) is 4.90 Å². The predicted molar refractivity (Wildman–Crippen MR) is 77.8 cm³/mol. The molecule has 0 radical (unpaired) electrons. The maximum absolute atomic E-state index is 12.0. The molecule has 18 heavy (non-hydrogen) atoms. The fourth-order valence-corrected chi connectivity index (χ4v) is 3.11. The Morgan fingerprint density at radius 1 is 1.39 bits per heavy atom. The van der Waals surface area contributed by atoms with E-state index in [4.69, 9.17) is 0 Å². The van der Waals surface area contributed by atoms with Gasteiger partial charge in [0.05, 0.1) is 5.75 Å². The molecule has 1 fully saturated rings. The predicted octanol–water partition coefficient (Wildman–Crippen LogP) is 3.24. The van der Waals surface area contributed by atoms with E-state index in [2.05, 4.69) is 38.1 Å². The number of carbonyl (C=O) groups is 1. The molecule has 0 atom stereocenters. The molecule has 2 nitrogen and oxygen atoms in total. The third kappa shape index (κ3) is 3.52. The summed E-state index contributed by atoms with van der Waals surface area (Å²) in [5.41, 5.74) is 2.65. The maximum Gasteiger partial charge on any atom is 0.232 e. The number of hydrogen-bond acceptors (Lipinski definition) is 2. The number of thioether (sulfide) groups is 1. The summed E-state index contributed by atoms with van der Waals surface area (Å²) in [6.07, 6.45) is 2.39. The van der Waals surface area contributed by atoms with Crippen molar-refractivity contribution in [3.8, 4) is 0 Å². The minimum absolute atomic E-state index is 0.304. The second-order valence-corrected chi connectivity index (χ2v) is 5.82. The Labute approximate surface area is 114 Å². The van der Waals surface area contributed by atoms with E-state index in [0.717, 1.165) is 12.3 Å². The summed E-state index contributed by atoms with van der Waals surface area (Å²) < 4.78 is 0. The van der Waals surface area contributed by atoms with Crippen molar-refractivity contribution in [3.05, 3.63) is 35.4 Å². The van der Waals surface area contributed by atoms with Gasteiger partial charge in [-0.15, -0.1) is 11.8 Å². The van der Waals surface area contributed by atoms with Gasteiger partial charge < -0.3 is 4.90 Å². The van der Waals surface area contributed by atoms with Crippen LogP contribution in [0.2, 0.25) is 0 Å². The van der Waals surface area contributed by atoms with Crippen molar-refractivity contribution in [1.29, 1.82) is 0 Å². The molecule has 1 saturated carbocycles. The van der Waals surface area contributed by atoms with Gasteiger partial charge >= 0.3 is 0 Å². The third-order valence-electron chi connectivity index (χ3n) is 3.39. The normalized spacial score (nSPS) is 14.6. The molecule has 0 bridgehead atoms. The van der Waals surface area contributed by atoms with Crippen LogP contribution in [0.1, 0.15) is 30.9 Å². The molecule has 1 amide bonds. The minimum Gasteiger partial charge on any atom is -0.339 e. The molecule has 1 aliphatic rings. The van der Waals surface area contributed by atoms with E-state index in [-0.39, 0.29) is 0 Å². The first kappa shape index (κ1) is 13.5. The molecule has 98 valence electrons. The van der Waals surface area contributed by atoms with Crippen molar-refractivity contribution in [2.45, 2.75) is 38.5 Å². The van der Waals surface area contributed by atoms with Crippen LogP contribution in [0.3, 0.4) is 0 Å². The lowest BCUT2D eigenvalue weighted by Crippen LogP contribution is -2.34. The largest absolute Gasteiger partial charge is 0.339 e. The van der Waals surface area contributed by atoms with Crippen LogP contribution < -0.4 is 0 Å². The lowest BCUT2D eigenvalue weighted by molar-refractivity contribution is -0.128. The summed E-state index contributed by atoms with van der Waals surface area (Å²) in [7, 11) is 0. The molecule has 0 N–H and O–H groups in total. The summed E-state index contributed by atoms with van der Waals surface area (Å²) in [5.74, 6) is 1.85. The SMILES string of the molecule is CCN(C(=O)CSCc1ccccc1C)C1CC1. The Bertz CT molecular complexity index is 415. The Balaban J connectivity index is 1.78. The zero-order chi connectivity index (χ0) is 13.0. The first-order valence-electron chi connectivity index (χ1n) is 6.64. The van der Waals surface area contributed by atoms with Crippen molar-refractivity contribution in [1.82, 2.24) is 4.90 Å². The summed E-state index contributed by atoms with van der Waals surface area (Å²) in [6, 6.07) is 8.93. The molecule has 1 aromatic rings. The monoisotopic (exact) mass is 263 g/mol. The average molecular weight is 263 g/mol. The van der Waals surface area contributed by atoms with E-state index >= 15 is 0 Å². The second kappa shape index (κ2) is 6.28. The van der Waals surface area contributed by atoms with Gasteiger partial charge in [0.2, 0.25) is 5.91 Å². The number of aryl methyl sites for hydroxylation is 1. The van der Waals surface area contributed by atoms with E-state index < -0.39 is 0 Å². The summed E-state index contributed by atoms with van der Waals surface area (Å²) >= 11 is 1.73. The summed E-state index contributed by atoms with van der Waals surface area (Å²) in [4.78, 5) is 14.1. The molecular weight excluding hydrogens is 242 g/mol. The van der Waals surface area contributed by atoms with Crippen LogP contribution in [0.4, 0.5) is 0 Å². The van der Waals surface area contributed by atoms with E-state index in [1.165, 1.54) is 24.0 Å². The zero-order valence-corrected chi connectivity index (χ0v) is 12.0. The lowest BCUT2D eigenvalue weighted by atomic mass is 10.1. The fraction of sp³-hybridized carbons (Fsp3) is 0.533. The van der Waals surface area contributed by atoms with Gasteiger partial charge in [-0.3, -0.25) is 4.79 Å².